The fraction of sp³-hybridized carbons (Fsp3) is 0.0714. The van der Waals surface area contributed by atoms with Gasteiger partial charge in [-0.25, -0.2) is 4.98 Å². The molecule has 0 aliphatic carbocycles. The first-order valence-corrected chi connectivity index (χ1v) is 5.48. The first kappa shape index (κ1) is 9.90. The zero-order valence-corrected chi connectivity index (χ0v) is 9.46. The molecular weight excluding hydrogens is 212 g/mol. The third kappa shape index (κ3) is 1.56. The van der Waals surface area contributed by atoms with E-state index in [1.54, 1.807) is 12.1 Å². The maximum Gasteiger partial charge on any atom is 0.144 e. The standard InChI is InChI=1S/C14H12N2O/c1-10-3-2-8-16-13(10)9-15-14(16)11-4-6-12(17)7-5-11/h2-9,17H,1H3. The van der Waals surface area contributed by atoms with Crippen molar-refractivity contribution in [2.75, 3.05) is 0 Å². The van der Waals surface area contributed by atoms with Gasteiger partial charge in [0.1, 0.15) is 11.6 Å². The lowest BCUT2D eigenvalue weighted by molar-refractivity contribution is 0.475. The van der Waals surface area contributed by atoms with Gasteiger partial charge in [0.25, 0.3) is 0 Å². The molecule has 0 aliphatic rings. The molecule has 2 heterocycles. The number of aryl methyl sites for hydroxylation is 1. The van der Waals surface area contributed by atoms with E-state index in [0.29, 0.717) is 0 Å². The van der Waals surface area contributed by atoms with E-state index >= 15 is 0 Å². The van der Waals surface area contributed by atoms with E-state index in [-0.39, 0.29) is 5.75 Å². The lowest BCUT2D eigenvalue weighted by Crippen LogP contribution is -1.89. The first-order valence-electron chi connectivity index (χ1n) is 5.48. The highest BCUT2D eigenvalue weighted by molar-refractivity contribution is 5.65. The van der Waals surface area contributed by atoms with Crippen LogP contribution in [0.1, 0.15) is 5.56 Å². The van der Waals surface area contributed by atoms with Crippen molar-refractivity contribution in [1.29, 1.82) is 0 Å². The summed E-state index contributed by atoms with van der Waals surface area (Å²) in [6, 6.07) is 11.2. The van der Waals surface area contributed by atoms with E-state index in [1.165, 1.54) is 5.56 Å². The number of aromatic nitrogens is 2. The minimum Gasteiger partial charge on any atom is -0.508 e. The molecule has 1 aromatic carbocycles. The summed E-state index contributed by atoms with van der Waals surface area (Å²) in [7, 11) is 0. The summed E-state index contributed by atoms with van der Waals surface area (Å²) in [5, 5.41) is 9.28. The van der Waals surface area contributed by atoms with Crippen LogP contribution in [0, 0.1) is 6.92 Å². The zero-order valence-electron chi connectivity index (χ0n) is 9.46. The van der Waals surface area contributed by atoms with Crippen molar-refractivity contribution in [2.24, 2.45) is 0 Å². The second-order valence-electron chi connectivity index (χ2n) is 4.08. The second-order valence-corrected chi connectivity index (χ2v) is 4.08. The molecular formula is C14H12N2O. The first-order chi connectivity index (χ1) is 8.25. The number of hydrogen-bond acceptors (Lipinski definition) is 2. The predicted octanol–water partition coefficient (Wildman–Crippen LogP) is 3.02. The molecule has 0 amide bonds. The smallest absolute Gasteiger partial charge is 0.144 e. The third-order valence-electron chi connectivity index (χ3n) is 2.91. The van der Waals surface area contributed by atoms with E-state index in [4.69, 9.17) is 0 Å². The van der Waals surface area contributed by atoms with Gasteiger partial charge in [-0.3, -0.25) is 4.40 Å². The molecule has 3 nitrogen and oxygen atoms in total. The van der Waals surface area contributed by atoms with Gasteiger partial charge < -0.3 is 5.11 Å². The minimum absolute atomic E-state index is 0.269. The topological polar surface area (TPSA) is 37.5 Å². The summed E-state index contributed by atoms with van der Waals surface area (Å²) in [6.07, 6.45) is 3.87. The lowest BCUT2D eigenvalue weighted by atomic mass is 10.2. The Hall–Kier alpha value is -2.29. The molecule has 0 spiro atoms. The summed E-state index contributed by atoms with van der Waals surface area (Å²) in [5.74, 6) is 1.16. The quantitative estimate of drug-likeness (QED) is 0.690. The van der Waals surface area contributed by atoms with Crippen molar-refractivity contribution in [3.05, 3.63) is 54.4 Å². The number of benzene rings is 1. The molecule has 0 fully saturated rings. The fourth-order valence-corrected chi connectivity index (χ4v) is 1.99. The molecule has 1 N–H and O–H groups in total. The Labute approximate surface area is 99.0 Å². The minimum atomic E-state index is 0.269. The largest absolute Gasteiger partial charge is 0.508 e. The fourth-order valence-electron chi connectivity index (χ4n) is 1.99. The molecule has 0 bridgehead atoms. The van der Waals surface area contributed by atoms with Crippen LogP contribution in [-0.2, 0) is 0 Å². The van der Waals surface area contributed by atoms with Crippen molar-refractivity contribution in [2.45, 2.75) is 6.92 Å². The number of phenolic OH excluding ortho intramolecular Hbond substituents is 1. The van der Waals surface area contributed by atoms with E-state index in [9.17, 15) is 5.11 Å². The van der Waals surface area contributed by atoms with Crippen LogP contribution in [-0.4, -0.2) is 14.5 Å². The van der Waals surface area contributed by atoms with Crippen LogP contribution < -0.4 is 0 Å². The molecule has 84 valence electrons. The Kier molecular flexibility index (Phi) is 2.11. The number of nitrogens with zero attached hydrogens (tertiary/aromatic N) is 2. The zero-order chi connectivity index (χ0) is 11.8. The molecule has 2 aromatic heterocycles. The Morgan fingerprint density at radius 1 is 1.12 bits per heavy atom. The Balaban J connectivity index is 2.24. The number of fused-ring (bicyclic) bond motifs is 1. The normalized spacial score (nSPS) is 10.9. The van der Waals surface area contributed by atoms with Crippen LogP contribution in [0.5, 0.6) is 5.75 Å². The Morgan fingerprint density at radius 3 is 2.65 bits per heavy atom. The molecule has 0 saturated heterocycles. The summed E-state index contributed by atoms with van der Waals surface area (Å²) in [5.41, 5.74) is 3.30. The van der Waals surface area contributed by atoms with Gasteiger partial charge in [0.2, 0.25) is 0 Å². The van der Waals surface area contributed by atoms with E-state index in [2.05, 4.69) is 22.4 Å². The second kappa shape index (κ2) is 3.63. The highest BCUT2D eigenvalue weighted by Gasteiger charge is 2.06. The predicted molar refractivity (Wildman–Crippen MR) is 67.0 cm³/mol. The molecule has 0 unspecified atom stereocenters. The highest BCUT2D eigenvalue weighted by Crippen LogP contribution is 2.23. The summed E-state index contributed by atoms with van der Waals surface area (Å²) < 4.78 is 2.06. The lowest BCUT2D eigenvalue weighted by Gasteiger charge is -2.02. The van der Waals surface area contributed by atoms with Crippen molar-refractivity contribution in [3.8, 4) is 17.1 Å². The highest BCUT2D eigenvalue weighted by atomic mass is 16.3. The number of pyridine rings is 1. The van der Waals surface area contributed by atoms with Crippen LogP contribution in [0.25, 0.3) is 16.9 Å². The van der Waals surface area contributed by atoms with E-state index in [1.807, 2.05) is 30.6 Å². The van der Waals surface area contributed by atoms with E-state index < -0.39 is 0 Å². The number of rotatable bonds is 1. The average Bonchev–Trinajstić information content (AvgIpc) is 2.75. The molecule has 0 aliphatic heterocycles. The van der Waals surface area contributed by atoms with Crippen molar-refractivity contribution in [3.63, 3.8) is 0 Å². The maximum absolute atomic E-state index is 9.28. The van der Waals surface area contributed by atoms with Crippen molar-refractivity contribution in [1.82, 2.24) is 9.38 Å². The molecule has 3 heteroatoms. The van der Waals surface area contributed by atoms with Gasteiger partial charge in [-0.15, -0.1) is 0 Å². The molecule has 0 radical (unpaired) electrons. The van der Waals surface area contributed by atoms with Gasteiger partial charge in [-0.1, -0.05) is 6.07 Å². The molecule has 0 saturated carbocycles. The molecule has 3 aromatic rings. The van der Waals surface area contributed by atoms with Gasteiger partial charge >= 0.3 is 0 Å². The van der Waals surface area contributed by atoms with Crippen LogP contribution in [0.3, 0.4) is 0 Å². The van der Waals surface area contributed by atoms with E-state index in [0.717, 1.165) is 16.9 Å². The van der Waals surface area contributed by atoms with Gasteiger partial charge in [-0.05, 0) is 42.8 Å². The Bertz CT molecular complexity index is 668. The van der Waals surface area contributed by atoms with Gasteiger partial charge in [-0.2, -0.15) is 0 Å². The number of phenols is 1. The molecule has 0 atom stereocenters. The molecule has 17 heavy (non-hydrogen) atoms. The maximum atomic E-state index is 9.28. The number of hydrogen-bond donors (Lipinski definition) is 1. The van der Waals surface area contributed by atoms with Crippen LogP contribution in [0.15, 0.2) is 48.8 Å². The monoisotopic (exact) mass is 224 g/mol. The average molecular weight is 224 g/mol. The van der Waals surface area contributed by atoms with Crippen molar-refractivity contribution >= 4 is 5.52 Å². The number of imidazole rings is 1. The third-order valence-corrected chi connectivity index (χ3v) is 2.91. The number of aromatic hydroxyl groups is 1. The molecule has 3 rings (SSSR count). The van der Waals surface area contributed by atoms with Gasteiger partial charge in [0.15, 0.2) is 0 Å². The summed E-state index contributed by atoms with van der Waals surface area (Å²) in [6.45, 7) is 2.07. The summed E-state index contributed by atoms with van der Waals surface area (Å²) in [4.78, 5) is 4.44. The van der Waals surface area contributed by atoms with Crippen molar-refractivity contribution < 1.29 is 5.11 Å². The van der Waals surface area contributed by atoms with Crippen LogP contribution in [0.2, 0.25) is 0 Å². The SMILES string of the molecule is Cc1cccn2c(-c3ccc(O)cc3)ncc12. The van der Waals surface area contributed by atoms with Crippen LogP contribution >= 0.6 is 0 Å². The van der Waals surface area contributed by atoms with Crippen LogP contribution in [0.4, 0.5) is 0 Å². The summed E-state index contributed by atoms with van der Waals surface area (Å²) >= 11 is 0. The Morgan fingerprint density at radius 2 is 1.88 bits per heavy atom. The van der Waals surface area contributed by atoms with Gasteiger partial charge in [0, 0.05) is 11.8 Å². The van der Waals surface area contributed by atoms with Gasteiger partial charge in [0.05, 0.1) is 11.7 Å².